The van der Waals surface area contributed by atoms with E-state index in [1.165, 1.54) is 22.2 Å². The summed E-state index contributed by atoms with van der Waals surface area (Å²) in [6, 6.07) is 0.0234. The van der Waals surface area contributed by atoms with E-state index in [0.29, 0.717) is 10.2 Å². The summed E-state index contributed by atoms with van der Waals surface area (Å²) in [6.45, 7) is 6.97. The summed E-state index contributed by atoms with van der Waals surface area (Å²) >= 11 is 1.45. The molecule has 0 saturated heterocycles. The molecule has 1 atom stereocenters. The minimum Gasteiger partial charge on any atom is -0.454 e. The molecule has 130 valence electrons. The van der Waals surface area contributed by atoms with Crippen LogP contribution in [-0.4, -0.2) is 34.1 Å². The Labute approximate surface area is 143 Å². The van der Waals surface area contributed by atoms with Gasteiger partial charge in [-0.3, -0.25) is 19.0 Å². The predicted octanol–water partition coefficient (Wildman–Crippen LogP) is 1.53. The van der Waals surface area contributed by atoms with Crippen LogP contribution < -0.4 is 10.9 Å². The van der Waals surface area contributed by atoms with Crippen molar-refractivity contribution in [2.45, 2.75) is 46.7 Å². The lowest BCUT2D eigenvalue weighted by atomic mass is 10.2. The molecule has 2 aromatic rings. The van der Waals surface area contributed by atoms with Gasteiger partial charge < -0.3 is 10.1 Å². The summed E-state index contributed by atoms with van der Waals surface area (Å²) in [5.74, 6) is -1.01. The Morgan fingerprint density at radius 1 is 1.42 bits per heavy atom. The lowest BCUT2D eigenvalue weighted by Crippen LogP contribution is -2.36. The molecule has 0 aromatic carbocycles. The van der Waals surface area contributed by atoms with E-state index < -0.39 is 5.97 Å². The number of amides is 1. The van der Waals surface area contributed by atoms with Crippen molar-refractivity contribution < 1.29 is 14.3 Å². The smallest absolute Gasteiger partial charge is 0.326 e. The van der Waals surface area contributed by atoms with E-state index in [-0.39, 0.29) is 30.7 Å². The molecule has 0 saturated carbocycles. The number of esters is 1. The monoisotopic (exact) mass is 351 g/mol. The Balaban J connectivity index is 2.03. The summed E-state index contributed by atoms with van der Waals surface area (Å²) in [6.07, 6.45) is 2.13. The first-order chi connectivity index (χ1) is 11.3. The van der Waals surface area contributed by atoms with Gasteiger partial charge in [0.2, 0.25) is 0 Å². The van der Waals surface area contributed by atoms with Crippen molar-refractivity contribution in [3.63, 3.8) is 0 Å². The third-order valence-corrected chi connectivity index (χ3v) is 4.95. The van der Waals surface area contributed by atoms with Crippen molar-refractivity contribution in [2.24, 2.45) is 0 Å². The fraction of sp³-hybridized carbons (Fsp3) is 0.500. The lowest BCUT2D eigenvalue weighted by Gasteiger charge is -2.11. The topological polar surface area (TPSA) is 90.3 Å². The third-order valence-electron chi connectivity index (χ3n) is 3.84. The zero-order valence-corrected chi connectivity index (χ0v) is 15.0. The standard InChI is InChI=1S/C16H21N3O4S/c1-5-9(2)18-12(20)7-23-13(21)6-19-8-17-15-14(16(19)22)10(3)11(4)24-15/h8-9H,5-7H2,1-4H3,(H,18,20)/t9-/m0/s1. The summed E-state index contributed by atoms with van der Waals surface area (Å²) < 4.78 is 6.12. The maximum atomic E-state index is 12.5. The van der Waals surface area contributed by atoms with Gasteiger partial charge in [0, 0.05) is 10.9 Å². The Morgan fingerprint density at radius 2 is 2.12 bits per heavy atom. The fourth-order valence-corrected chi connectivity index (χ4v) is 3.12. The van der Waals surface area contributed by atoms with Gasteiger partial charge >= 0.3 is 5.97 Å². The SMILES string of the molecule is CC[C@H](C)NC(=O)COC(=O)Cn1cnc2sc(C)c(C)c2c1=O. The van der Waals surface area contributed by atoms with Crippen molar-refractivity contribution in [1.29, 1.82) is 0 Å². The number of carbonyl (C=O) groups is 2. The molecule has 0 bridgehead atoms. The summed E-state index contributed by atoms with van der Waals surface area (Å²) in [5.41, 5.74) is 0.603. The summed E-state index contributed by atoms with van der Waals surface area (Å²) in [5, 5.41) is 3.23. The van der Waals surface area contributed by atoms with Crippen LogP contribution in [-0.2, 0) is 20.9 Å². The fourth-order valence-electron chi connectivity index (χ4n) is 2.13. The van der Waals surface area contributed by atoms with Gasteiger partial charge in [0.25, 0.3) is 11.5 Å². The zero-order chi connectivity index (χ0) is 17.9. The number of fused-ring (bicyclic) bond motifs is 1. The van der Waals surface area contributed by atoms with Gasteiger partial charge in [0.05, 0.1) is 11.7 Å². The van der Waals surface area contributed by atoms with Crippen LogP contribution in [0.4, 0.5) is 0 Å². The number of aromatic nitrogens is 2. The van der Waals surface area contributed by atoms with E-state index in [1.54, 1.807) is 0 Å². The molecule has 24 heavy (non-hydrogen) atoms. The van der Waals surface area contributed by atoms with Crippen LogP contribution in [0.1, 0.15) is 30.7 Å². The first-order valence-electron chi connectivity index (χ1n) is 7.73. The van der Waals surface area contributed by atoms with E-state index in [0.717, 1.165) is 16.9 Å². The number of aryl methyl sites for hydroxylation is 2. The van der Waals surface area contributed by atoms with E-state index >= 15 is 0 Å². The van der Waals surface area contributed by atoms with Crippen molar-refractivity contribution >= 4 is 33.4 Å². The summed E-state index contributed by atoms with van der Waals surface area (Å²) in [7, 11) is 0. The second-order valence-corrected chi connectivity index (χ2v) is 6.88. The van der Waals surface area contributed by atoms with Gasteiger partial charge in [0.1, 0.15) is 11.4 Å². The number of rotatable bonds is 6. The maximum Gasteiger partial charge on any atom is 0.326 e. The molecule has 0 aliphatic heterocycles. The molecule has 0 spiro atoms. The molecule has 1 N–H and O–H groups in total. The van der Waals surface area contributed by atoms with Crippen LogP contribution in [0.25, 0.3) is 10.2 Å². The highest BCUT2D eigenvalue weighted by molar-refractivity contribution is 7.18. The minimum atomic E-state index is -0.651. The van der Waals surface area contributed by atoms with Crippen molar-refractivity contribution in [3.8, 4) is 0 Å². The molecule has 2 aromatic heterocycles. The van der Waals surface area contributed by atoms with Crippen molar-refractivity contribution in [1.82, 2.24) is 14.9 Å². The quantitative estimate of drug-likeness (QED) is 0.797. The largest absolute Gasteiger partial charge is 0.454 e. The highest BCUT2D eigenvalue weighted by Crippen LogP contribution is 2.25. The van der Waals surface area contributed by atoms with Crippen LogP contribution in [0.2, 0.25) is 0 Å². The highest BCUT2D eigenvalue weighted by atomic mass is 32.1. The van der Waals surface area contributed by atoms with Crippen LogP contribution in [0, 0.1) is 13.8 Å². The van der Waals surface area contributed by atoms with Crippen LogP contribution in [0.5, 0.6) is 0 Å². The predicted molar refractivity (Wildman–Crippen MR) is 92.2 cm³/mol. The number of nitrogens with zero attached hydrogens (tertiary/aromatic N) is 2. The zero-order valence-electron chi connectivity index (χ0n) is 14.2. The third kappa shape index (κ3) is 4.00. The maximum absolute atomic E-state index is 12.5. The average Bonchev–Trinajstić information content (AvgIpc) is 2.83. The molecule has 0 fully saturated rings. The molecule has 8 heteroatoms. The van der Waals surface area contributed by atoms with Crippen molar-refractivity contribution in [2.75, 3.05) is 6.61 Å². The molecule has 0 unspecified atom stereocenters. The average molecular weight is 351 g/mol. The number of hydrogen-bond acceptors (Lipinski definition) is 6. The minimum absolute atomic E-state index is 0.0234. The Morgan fingerprint density at radius 3 is 2.79 bits per heavy atom. The second-order valence-electron chi connectivity index (χ2n) is 5.68. The summed E-state index contributed by atoms with van der Waals surface area (Å²) in [4.78, 5) is 41.8. The first kappa shape index (κ1) is 18.1. The molecule has 7 nitrogen and oxygen atoms in total. The van der Waals surface area contributed by atoms with Gasteiger partial charge in [-0.25, -0.2) is 4.98 Å². The van der Waals surface area contributed by atoms with Gasteiger partial charge in [0.15, 0.2) is 6.61 Å². The molecule has 2 heterocycles. The van der Waals surface area contributed by atoms with Crippen molar-refractivity contribution in [3.05, 3.63) is 27.1 Å². The van der Waals surface area contributed by atoms with E-state index in [4.69, 9.17) is 4.74 Å². The second kappa shape index (κ2) is 7.57. The van der Waals surface area contributed by atoms with Gasteiger partial charge in [-0.05, 0) is 32.8 Å². The van der Waals surface area contributed by atoms with Crippen LogP contribution in [0.15, 0.2) is 11.1 Å². The first-order valence-corrected chi connectivity index (χ1v) is 8.55. The van der Waals surface area contributed by atoms with E-state index in [2.05, 4.69) is 10.3 Å². The molecular weight excluding hydrogens is 330 g/mol. The molecule has 0 aliphatic rings. The van der Waals surface area contributed by atoms with Gasteiger partial charge in [-0.1, -0.05) is 6.92 Å². The van der Waals surface area contributed by atoms with E-state index in [1.807, 2.05) is 27.7 Å². The van der Waals surface area contributed by atoms with Gasteiger partial charge in [-0.2, -0.15) is 0 Å². The normalized spacial score (nSPS) is 12.2. The molecule has 2 rings (SSSR count). The number of hydrogen-bond donors (Lipinski definition) is 1. The van der Waals surface area contributed by atoms with E-state index in [9.17, 15) is 14.4 Å². The van der Waals surface area contributed by atoms with Crippen LogP contribution in [0.3, 0.4) is 0 Å². The number of thiophene rings is 1. The molecule has 0 aliphatic carbocycles. The molecule has 1 amide bonds. The Bertz CT molecular complexity index is 825. The molecular formula is C16H21N3O4S. The number of ether oxygens (including phenoxy) is 1. The number of carbonyl (C=O) groups excluding carboxylic acids is 2. The van der Waals surface area contributed by atoms with Gasteiger partial charge in [-0.15, -0.1) is 11.3 Å². The Hall–Kier alpha value is -2.22. The molecule has 0 radical (unpaired) electrons. The highest BCUT2D eigenvalue weighted by Gasteiger charge is 2.15. The Kier molecular flexibility index (Phi) is 5.71. The lowest BCUT2D eigenvalue weighted by molar-refractivity contribution is -0.149. The number of nitrogens with one attached hydrogen (secondary N) is 1. The van der Waals surface area contributed by atoms with Crippen LogP contribution >= 0.6 is 11.3 Å².